The van der Waals surface area contributed by atoms with Gasteiger partial charge in [-0.05, 0) is 71.4 Å². The molecule has 0 radical (unpaired) electrons. The SMILES string of the molecule is CCOC(=O)CNc1c(-c2ccc(OC(=O)c3ccc4c(c3)OCO4)c(OC)c2)nc2ccc(Br)cn12. The van der Waals surface area contributed by atoms with E-state index in [1.807, 2.05) is 22.7 Å². The molecule has 0 bridgehead atoms. The van der Waals surface area contributed by atoms with Crippen LogP contribution in [-0.2, 0) is 9.53 Å². The number of ether oxygens (including phenoxy) is 5. The summed E-state index contributed by atoms with van der Waals surface area (Å²) in [5, 5.41) is 3.13. The third-order valence-electron chi connectivity index (χ3n) is 5.54. The highest BCUT2D eigenvalue weighted by molar-refractivity contribution is 9.10. The first-order valence-electron chi connectivity index (χ1n) is 11.3. The van der Waals surface area contributed by atoms with Gasteiger partial charge in [0.2, 0.25) is 6.79 Å². The second-order valence-corrected chi connectivity index (χ2v) is 8.78. The van der Waals surface area contributed by atoms with Gasteiger partial charge in [-0.1, -0.05) is 0 Å². The number of hydrogen-bond donors (Lipinski definition) is 1. The Bertz CT molecular complexity index is 1500. The standard InChI is InChI=1S/C26H22BrN3O7/c1-3-34-23(31)12-28-25-24(29-22-9-6-17(27)13-30(22)25)15-4-8-19(20(10-15)33-2)37-26(32)16-5-7-18-21(11-16)36-14-35-18/h4-11,13,28H,3,12,14H2,1-2H3. The van der Waals surface area contributed by atoms with Crippen LogP contribution in [0.25, 0.3) is 16.9 Å². The van der Waals surface area contributed by atoms with Crippen LogP contribution in [0.15, 0.2) is 59.2 Å². The topological polar surface area (TPSA) is 110 Å². The number of imidazole rings is 1. The summed E-state index contributed by atoms with van der Waals surface area (Å²) in [6, 6.07) is 13.7. The van der Waals surface area contributed by atoms with Crippen molar-refractivity contribution < 1.29 is 33.3 Å². The van der Waals surface area contributed by atoms with E-state index in [9.17, 15) is 9.59 Å². The second-order valence-electron chi connectivity index (χ2n) is 7.87. The normalized spacial score (nSPS) is 11.9. The summed E-state index contributed by atoms with van der Waals surface area (Å²) in [4.78, 5) is 29.5. The Balaban J connectivity index is 1.45. The summed E-state index contributed by atoms with van der Waals surface area (Å²) in [6.07, 6.45) is 1.85. The Morgan fingerprint density at radius 2 is 1.92 bits per heavy atom. The van der Waals surface area contributed by atoms with Crippen LogP contribution in [0, 0.1) is 0 Å². The Hall–Kier alpha value is -4.25. The molecule has 0 spiro atoms. The predicted octanol–water partition coefficient (Wildman–Crippen LogP) is 4.70. The first-order valence-corrected chi connectivity index (χ1v) is 12.1. The van der Waals surface area contributed by atoms with E-state index < -0.39 is 5.97 Å². The van der Waals surface area contributed by atoms with E-state index in [0.29, 0.717) is 45.5 Å². The molecular weight excluding hydrogens is 546 g/mol. The molecular formula is C26H22BrN3O7. The monoisotopic (exact) mass is 567 g/mol. The van der Waals surface area contributed by atoms with Gasteiger partial charge < -0.3 is 29.0 Å². The molecule has 4 aromatic rings. The van der Waals surface area contributed by atoms with Gasteiger partial charge in [0.15, 0.2) is 23.0 Å². The molecule has 0 fully saturated rings. The van der Waals surface area contributed by atoms with Gasteiger partial charge in [0.05, 0.1) is 19.3 Å². The highest BCUT2D eigenvalue weighted by Crippen LogP contribution is 2.37. The fraction of sp³-hybridized carbons (Fsp3) is 0.192. The maximum Gasteiger partial charge on any atom is 0.343 e. The van der Waals surface area contributed by atoms with Crippen molar-refractivity contribution in [2.75, 3.05) is 32.4 Å². The minimum atomic E-state index is -0.571. The number of nitrogens with one attached hydrogen (secondary N) is 1. The van der Waals surface area contributed by atoms with E-state index in [1.54, 1.807) is 43.3 Å². The number of fused-ring (bicyclic) bond motifs is 2. The maximum atomic E-state index is 12.8. The highest BCUT2D eigenvalue weighted by atomic mass is 79.9. The number of benzene rings is 2. The number of carbonyl (C=O) groups is 2. The van der Waals surface area contributed by atoms with Crippen molar-refractivity contribution in [3.05, 3.63) is 64.8 Å². The lowest BCUT2D eigenvalue weighted by Gasteiger charge is -2.12. The van der Waals surface area contributed by atoms with Gasteiger partial charge >= 0.3 is 11.9 Å². The summed E-state index contributed by atoms with van der Waals surface area (Å²) in [6.45, 7) is 2.11. The third-order valence-corrected chi connectivity index (χ3v) is 6.01. The largest absolute Gasteiger partial charge is 0.493 e. The van der Waals surface area contributed by atoms with E-state index in [2.05, 4.69) is 21.2 Å². The summed E-state index contributed by atoms with van der Waals surface area (Å²) in [5.41, 5.74) is 2.24. The molecule has 3 heterocycles. The van der Waals surface area contributed by atoms with Crippen molar-refractivity contribution in [3.8, 4) is 34.3 Å². The van der Waals surface area contributed by atoms with Gasteiger partial charge in [-0.25, -0.2) is 9.78 Å². The van der Waals surface area contributed by atoms with E-state index >= 15 is 0 Å². The maximum absolute atomic E-state index is 12.8. The summed E-state index contributed by atoms with van der Waals surface area (Å²) in [5.74, 6) is 1.27. The second kappa shape index (κ2) is 10.4. The van der Waals surface area contributed by atoms with E-state index in [1.165, 1.54) is 7.11 Å². The van der Waals surface area contributed by atoms with Gasteiger partial charge in [0.25, 0.3) is 0 Å². The summed E-state index contributed by atoms with van der Waals surface area (Å²) >= 11 is 3.48. The molecule has 1 aliphatic heterocycles. The molecule has 0 saturated heterocycles. The zero-order valence-corrected chi connectivity index (χ0v) is 21.5. The summed E-state index contributed by atoms with van der Waals surface area (Å²) in [7, 11) is 1.48. The minimum Gasteiger partial charge on any atom is -0.493 e. The molecule has 37 heavy (non-hydrogen) atoms. The van der Waals surface area contributed by atoms with Crippen LogP contribution in [0.1, 0.15) is 17.3 Å². The molecule has 0 unspecified atom stereocenters. The smallest absolute Gasteiger partial charge is 0.343 e. The number of anilines is 1. The van der Waals surface area contributed by atoms with E-state index in [0.717, 1.165) is 4.47 Å². The van der Waals surface area contributed by atoms with Gasteiger partial charge in [-0.3, -0.25) is 9.20 Å². The van der Waals surface area contributed by atoms with E-state index in [-0.39, 0.29) is 31.7 Å². The molecule has 5 rings (SSSR count). The molecule has 0 amide bonds. The van der Waals surface area contributed by atoms with Gasteiger partial charge in [0.1, 0.15) is 23.7 Å². The number of halogens is 1. The van der Waals surface area contributed by atoms with Crippen LogP contribution < -0.4 is 24.3 Å². The van der Waals surface area contributed by atoms with Crippen LogP contribution in [0.4, 0.5) is 5.82 Å². The molecule has 1 N–H and O–H groups in total. The molecule has 0 atom stereocenters. The molecule has 10 nitrogen and oxygen atoms in total. The lowest BCUT2D eigenvalue weighted by Crippen LogP contribution is -2.17. The average molecular weight is 568 g/mol. The number of esters is 2. The Morgan fingerprint density at radius 1 is 1.08 bits per heavy atom. The predicted molar refractivity (Wildman–Crippen MR) is 138 cm³/mol. The third kappa shape index (κ3) is 5.03. The van der Waals surface area contributed by atoms with Gasteiger partial charge in [-0.15, -0.1) is 0 Å². The number of pyridine rings is 1. The number of rotatable bonds is 8. The Kier molecular flexibility index (Phi) is 6.87. The number of aromatic nitrogens is 2. The van der Waals surface area contributed by atoms with Gasteiger partial charge in [0, 0.05) is 16.2 Å². The van der Waals surface area contributed by atoms with Crippen molar-refractivity contribution in [2.24, 2.45) is 0 Å². The van der Waals surface area contributed by atoms with Crippen molar-refractivity contribution in [1.82, 2.24) is 9.38 Å². The molecule has 1 aliphatic rings. The fourth-order valence-electron chi connectivity index (χ4n) is 3.84. The fourth-order valence-corrected chi connectivity index (χ4v) is 4.18. The van der Waals surface area contributed by atoms with Crippen LogP contribution in [-0.4, -0.2) is 48.4 Å². The molecule has 0 saturated carbocycles. The number of carbonyl (C=O) groups excluding carboxylic acids is 2. The first kappa shape index (κ1) is 24.4. The van der Waals surface area contributed by atoms with Crippen LogP contribution >= 0.6 is 15.9 Å². The lowest BCUT2D eigenvalue weighted by atomic mass is 10.1. The molecule has 2 aromatic heterocycles. The van der Waals surface area contributed by atoms with Crippen LogP contribution in [0.2, 0.25) is 0 Å². The van der Waals surface area contributed by atoms with E-state index in [4.69, 9.17) is 28.7 Å². The molecule has 0 aliphatic carbocycles. The van der Waals surface area contributed by atoms with Crippen molar-refractivity contribution in [1.29, 1.82) is 0 Å². The first-order chi connectivity index (χ1) is 18.0. The average Bonchev–Trinajstić information content (AvgIpc) is 3.51. The van der Waals surface area contributed by atoms with Crippen LogP contribution in [0.3, 0.4) is 0 Å². The summed E-state index contributed by atoms with van der Waals surface area (Å²) < 4.78 is 29.5. The highest BCUT2D eigenvalue weighted by Gasteiger charge is 2.21. The minimum absolute atomic E-state index is 0.0382. The number of nitrogens with zero attached hydrogens (tertiary/aromatic N) is 2. The quantitative estimate of drug-likeness (QED) is 0.239. The van der Waals surface area contributed by atoms with Crippen molar-refractivity contribution >= 4 is 39.3 Å². The number of methoxy groups -OCH3 is 1. The number of hydrogen-bond acceptors (Lipinski definition) is 9. The van der Waals surface area contributed by atoms with Crippen LogP contribution in [0.5, 0.6) is 23.0 Å². The zero-order chi connectivity index (χ0) is 25.9. The molecule has 11 heteroatoms. The van der Waals surface area contributed by atoms with Gasteiger partial charge in [-0.2, -0.15) is 0 Å². The zero-order valence-electron chi connectivity index (χ0n) is 19.9. The van der Waals surface area contributed by atoms with Crippen molar-refractivity contribution in [3.63, 3.8) is 0 Å². The molecule has 2 aromatic carbocycles. The Morgan fingerprint density at radius 3 is 2.73 bits per heavy atom. The molecule has 190 valence electrons. The van der Waals surface area contributed by atoms with Crippen molar-refractivity contribution in [2.45, 2.75) is 6.92 Å². The Labute approximate surface area is 220 Å². The lowest BCUT2D eigenvalue weighted by molar-refractivity contribution is -0.140.